The van der Waals surface area contributed by atoms with E-state index in [0.29, 0.717) is 44.1 Å². The monoisotopic (exact) mass is 461 g/mol. The molecule has 3 aromatic rings. The van der Waals surface area contributed by atoms with Crippen molar-refractivity contribution in [1.29, 1.82) is 0 Å². The van der Waals surface area contributed by atoms with Gasteiger partial charge in [0.15, 0.2) is 0 Å². The molecule has 0 aliphatic carbocycles. The van der Waals surface area contributed by atoms with E-state index in [1.54, 1.807) is 29.2 Å². The van der Waals surface area contributed by atoms with Crippen LogP contribution in [0.15, 0.2) is 59.1 Å². The minimum absolute atomic E-state index is 0.0355. The van der Waals surface area contributed by atoms with Crippen molar-refractivity contribution in [1.82, 2.24) is 15.0 Å². The predicted molar refractivity (Wildman–Crippen MR) is 129 cm³/mol. The Bertz CT molecular complexity index is 1120. The quantitative estimate of drug-likeness (QED) is 0.552. The summed E-state index contributed by atoms with van der Waals surface area (Å²) in [5.74, 6) is 1.47. The SMILES string of the molecule is Cc1noc(C)c1COc1ccc(C(=O)N2CCN(C(=O)C(C)(C)c3ccccc3)CC2)cc1. The third kappa shape index (κ3) is 4.83. The number of ether oxygens (including phenoxy) is 1. The standard InChI is InChI=1S/C27H31N3O4/c1-19-24(20(2)34-28-19)18-33-23-12-10-21(11-13-23)25(31)29-14-16-30(17-15-29)26(32)27(3,4)22-8-6-5-7-9-22/h5-13H,14-18H2,1-4H3. The molecule has 2 amide bonds. The molecule has 1 fully saturated rings. The summed E-state index contributed by atoms with van der Waals surface area (Å²) in [6.45, 7) is 10.1. The summed E-state index contributed by atoms with van der Waals surface area (Å²) in [5, 5.41) is 3.93. The van der Waals surface area contributed by atoms with E-state index in [9.17, 15) is 9.59 Å². The van der Waals surface area contributed by atoms with Crippen molar-refractivity contribution < 1.29 is 18.8 Å². The number of amides is 2. The van der Waals surface area contributed by atoms with Crippen LogP contribution in [0.25, 0.3) is 0 Å². The number of carbonyl (C=O) groups excluding carboxylic acids is 2. The highest BCUT2D eigenvalue weighted by Gasteiger charge is 2.35. The fourth-order valence-corrected chi connectivity index (χ4v) is 4.23. The van der Waals surface area contributed by atoms with Crippen molar-refractivity contribution in [3.63, 3.8) is 0 Å². The number of benzene rings is 2. The van der Waals surface area contributed by atoms with E-state index in [2.05, 4.69) is 5.16 Å². The molecule has 0 atom stereocenters. The van der Waals surface area contributed by atoms with Gasteiger partial charge in [0.2, 0.25) is 5.91 Å². The molecule has 4 rings (SSSR count). The highest BCUT2D eigenvalue weighted by Crippen LogP contribution is 2.26. The van der Waals surface area contributed by atoms with Gasteiger partial charge in [0.05, 0.1) is 16.7 Å². The van der Waals surface area contributed by atoms with Crippen molar-refractivity contribution >= 4 is 11.8 Å². The maximum absolute atomic E-state index is 13.2. The van der Waals surface area contributed by atoms with Crippen LogP contribution in [0, 0.1) is 13.8 Å². The molecule has 0 N–H and O–H groups in total. The lowest BCUT2D eigenvalue weighted by molar-refractivity contribution is -0.137. The van der Waals surface area contributed by atoms with Crippen LogP contribution in [-0.2, 0) is 16.8 Å². The zero-order chi connectivity index (χ0) is 24.3. The number of aryl methyl sites for hydroxylation is 2. The van der Waals surface area contributed by atoms with Gasteiger partial charge in [-0.25, -0.2) is 0 Å². The minimum Gasteiger partial charge on any atom is -0.489 e. The normalized spacial score (nSPS) is 14.2. The van der Waals surface area contributed by atoms with E-state index in [0.717, 1.165) is 22.6 Å². The van der Waals surface area contributed by atoms with Crippen LogP contribution in [-0.4, -0.2) is 52.9 Å². The zero-order valence-electron chi connectivity index (χ0n) is 20.2. The molecule has 1 aliphatic rings. The van der Waals surface area contributed by atoms with E-state index in [1.165, 1.54) is 0 Å². The Morgan fingerprint density at radius 3 is 2.15 bits per heavy atom. The molecule has 0 bridgehead atoms. The Balaban J connectivity index is 1.32. The first-order chi connectivity index (χ1) is 16.3. The van der Waals surface area contributed by atoms with Gasteiger partial charge in [0.25, 0.3) is 5.91 Å². The molecule has 7 heteroatoms. The topological polar surface area (TPSA) is 75.9 Å². The van der Waals surface area contributed by atoms with Crippen molar-refractivity contribution in [2.24, 2.45) is 0 Å². The van der Waals surface area contributed by atoms with E-state index in [4.69, 9.17) is 9.26 Å². The van der Waals surface area contributed by atoms with Crippen molar-refractivity contribution in [2.75, 3.05) is 26.2 Å². The lowest BCUT2D eigenvalue weighted by atomic mass is 9.83. The van der Waals surface area contributed by atoms with Gasteiger partial charge in [0.1, 0.15) is 18.1 Å². The number of rotatable bonds is 6. The number of aromatic nitrogens is 1. The highest BCUT2D eigenvalue weighted by atomic mass is 16.5. The van der Waals surface area contributed by atoms with Gasteiger partial charge in [-0.1, -0.05) is 35.5 Å². The molecule has 7 nitrogen and oxygen atoms in total. The van der Waals surface area contributed by atoms with Crippen LogP contribution in [0.3, 0.4) is 0 Å². The van der Waals surface area contributed by atoms with Crippen molar-refractivity contribution in [2.45, 2.75) is 39.7 Å². The van der Waals surface area contributed by atoms with Crippen LogP contribution in [0.2, 0.25) is 0 Å². The zero-order valence-corrected chi connectivity index (χ0v) is 20.2. The lowest BCUT2D eigenvalue weighted by Crippen LogP contribution is -2.54. The minimum atomic E-state index is -0.604. The molecule has 1 aliphatic heterocycles. The largest absolute Gasteiger partial charge is 0.489 e. The van der Waals surface area contributed by atoms with Crippen LogP contribution in [0.1, 0.15) is 46.8 Å². The summed E-state index contributed by atoms with van der Waals surface area (Å²) in [6, 6.07) is 17.0. The molecule has 0 unspecified atom stereocenters. The second-order valence-electron chi connectivity index (χ2n) is 9.19. The van der Waals surface area contributed by atoms with Gasteiger partial charge in [-0.15, -0.1) is 0 Å². The summed E-state index contributed by atoms with van der Waals surface area (Å²) in [4.78, 5) is 29.9. The van der Waals surface area contributed by atoms with Gasteiger partial charge in [-0.2, -0.15) is 0 Å². The van der Waals surface area contributed by atoms with E-state index < -0.39 is 5.41 Å². The number of hydrogen-bond acceptors (Lipinski definition) is 5. The summed E-state index contributed by atoms with van der Waals surface area (Å²) in [5.41, 5.74) is 2.74. The van der Waals surface area contributed by atoms with E-state index in [1.807, 2.05) is 62.9 Å². The summed E-state index contributed by atoms with van der Waals surface area (Å²) in [7, 11) is 0. The summed E-state index contributed by atoms with van der Waals surface area (Å²) >= 11 is 0. The molecule has 0 saturated carbocycles. The summed E-state index contributed by atoms with van der Waals surface area (Å²) in [6.07, 6.45) is 0. The second kappa shape index (κ2) is 9.71. The van der Waals surface area contributed by atoms with Gasteiger partial charge in [-0.05, 0) is 57.5 Å². The molecule has 2 heterocycles. The summed E-state index contributed by atoms with van der Waals surface area (Å²) < 4.78 is 11.0. The molecule has 1 aromatic heterocycles. The molecular weight excluding hydrogens is 430 g/mol. The van der Waals surface area contributed by atoms with Gasteiger partial charge in [0, 0.05) is 31.7 Å². The van der Waals surface area contributed by atoms with Crippen LogP contribution < -0.4 is 4.74 Å². The highest BCUT2D eigenvalue weighted by molar-refractivity contribution is 5.94. The molecule has 34 heavy (non-hydrogen) atoms. The Kier molecular flexibility index (Phi) is 6.72. The Morgan fingerprint density at radius 1 is 0.941 bits per heavy atom. The third-order valence-electron chi connectivity index (χ3n) is 6.55. The molecule has 178 valence electrons. The molecule has 2 aromatic carbocycles. The van der Waals surface area contributed by atoms with Crippen LogP contribution in [0.5, 0.6) is 5.75 Å². The number of carbonyl (C=O) groups is 2. The second-order valence-corrected chi connectivity index (χ2v) is 9.19. The number of hydrogen-bond donors (Lipinski definition) is 0. The van der Waals surface area contributed by atoms with E-state index >= 15 is 0 Å². The average molecular weight is 462 g/mol. The lowest BCUT2D eigenvalue weighted by Gasteiger charge is -2.38. The van der Waals surface area contributed by atoms with Gasteiger partial charge < -0.3 is 19.1 Å². The Morgan fingerprint density at radius 2 is 1.56 bits per heavy atom. The van der Waals surface area contributed by atoms with Crippen molar-refractivity contribution in [3.8, 4) is 5.75 Å². The van der Waals surface area contributed by atoms with E-state index in [-0.39, 0.29) is 11.8 Å². The molecule has 0 radical (unpaired) electrons. The fourth-order valence-electron chi connectivity index (χ4n) is 4.23. The molecule has 1 saturated heterocycles. The predicted octanol–water partition coefficient (Wildman–Crippen LogP) is 4.13. The fraction of sp³-hybridized carbons (Fsp3) is 0.370. The smallest absolute Gasteiger partial charge is 0.253 e. The molecule has 0 spiro atoms. The number of piperazine rings is 1. The van der Waals surface area contributed by atoms with Crippen LogP contribution in [0.4, 0.5) is 0 Å². The first-order valence-electron chi connectivity index (χ1n) is 11.6. The average Bonchev–Trinajstić information content (AvgIpc) is 3.19. The first-order valence-corrected chi connectivity index (χ1v) is 11.6. The number of nitrogens with zero attached hydrogens (tertiary/aromatic N) is 3. The van der Waals surface area contributed by atoms with Gasteiger partial charge >= 0.3 is 0 Å². The first kappa shape index (κ1) is 23.5. The van der Waals surface area contributed by atoms with Crippen LogP contribution >= 0.6 is 0 Å². The molecular formula is C27H31N3O4. The Labute approximate surface area is 200 Å². The maximum Gasteiger partial charge on any atom is 0.253 e. The maximum atomic E-state index is 13.2. The van der Waals surface area contributed by atoms with Gasteiger partial charge in [-0.3, -0.25) is 9.59 Å². The van der Waals surface area contributed by atoms with Crippen molar-refractivity contribution in [3.05, 3.63) is 82.7 Å². The Hall–Kier alpha value is -3.61. The third-order valence-corrected chi connectivity index (χ3v) is 6.55.